The van der Waals surface area contributed by atoms with E-state index in [4.69, 9.17) is 0 Å². The van der Waals surface area contributed by atoms with Crippen molar-refractivity contribution in [2.45, 2.75) is 77.7 Å². The van der Waals surface area contributed by atoms with Crippen molar-refractivity contribution in [3.8, 4) is 0 Å². The minimum Gasteiger partial charge on any atom is -0.250 e. The van der Waals surface area contributed by atoms with E-state index in [2.05, 4.69) is 66.3 Å². The van der Waals surface area contributed by atoms with Gasteiger partial charge in [0.1, 0.15) is 18.4 Å². The van der Waals surface area contributed by atoms with E-state index >= 15 is 0 Å². The molecule has 2 aromatic rings. The van der Waals surface area contributed by atoms with Crippen LogP contribution >= 0.6 is 0 Å². The lowest BCUT2D eigenvalue weighted by Crippen LogP contribution is -2.40. The van der Waals surface area contributed by atoms with Crippen LogP contribution in [-0.2, 0) is 6.42 Å². The number of hydrogen-bond acceptors (Lipinski definition) is 0. The van der Waals surface area contributed by atoms with Gasteiger partial charge < -0.3 is 0 Å². The van der Waals surface area contributed by atoms with Crippen LogP contribution < -0.4 is 4.57 Å². The van der Waals surface area contributed by atoms with E-state index < -0.39 is 0 Å². The number of aromatic amines is 1. The van der Waals surface area contributed by atoms with Crippen molar-refractivity contribution < 1.29 is 4.57 Å². The van der Waals surface area contributed by atoms with Crippen LogP contribution in [0.1, 0.15) is 76.8 Å². The third-order valence-corrected chi connectivity index (χ3v) is 5.24. The Balaban J connectivity index is 1.83. The zero-order chi connectivity index (χ0) is 17.0. The third kappa shape index (κ3) is 6.51. The van der Waals surface area contributed by atoms with Crippen LogP contribution in [0.5, 0.6) is 0 Å². The van der Waals surface area contributed by atoms with Gasteiger partial charge in [-0.05, 0) is 25.3 Å². The monoisotopic (exact) mass is 327 g/mol. The molecule has 0 spiro atoms. The van der Waals surface area contributed by atoms with Crippen LogP contribution in [0.25, 0.3) is 0 Å². The number of aromatic nitrogens is 2. The molecule has 0 saturated heterocycles. The molecule has 0 aliphatic rings. The average Bonchev–Trinajstić information content (AvgIpc) is 3.15. The number of H-pyrrole nitrogens is 1. The standard InChI is InChI=1S/C22H34N2/c1-3-4-5-6-7-8-12-15-22(18-21-13-10-9-11-14-21)20(2)24-17-16-23-19-24/h9-11,13-14,16-17,19-20,22H,3-8,12,15,18H2,1-2H3/p+1. The number of nitrogens with zero attached hydrogens (tertiary/aromatic N) is 1. The van der Waals surface area contributed by atoms with Crippen LogP contribution in [0.3, 0.4) is 0 Å². The quantitative estimate of drug-likeness (QED) is 0.372. The summed E-state index contributed by atoms with van der Waals surface area (Å²) in [5.74, 6) is 0.698. The van der Waals surface area contributed by atoms with Gasteiger partial charge in [0.05, 0.1) is 0 Å². The lowest BCUT2D eigenvalue weighted by atomic mass is 9.88. The Morgan fingerprint density at radius 1 is 0.958 bits per heavy atom. The fourth-order valence-electron chi connectivity index (χ4n) is 3.59. The second-order valence-electron chi connectivity index (χ2n) is 7.16. The number of benzene rings is 1. The van der Waals surface area contributed by atoms with Gasteiger partial charge in [0.2, 0.25) is 6.33 Å². The summed E-state index contributed by atoms with van der Waals surface area (Å²) in [6.45, 7) is 4.65. The molecule has 2 nitrogen and oxygen atoms in total. The summed E-state index contributed by atoms with van der Waals surface area (Å²) >= 11 is 0. The van der Waals surface area contributed by atoms with E-state index in [1.165, 1.54) is 63.4 Å². The van der Waals surface area contributed by atoms with Crippen molar-refractivity contribution in [3.05, 3.63) is 54.6 Å². The molecular weight excluding hydrogens is 292 g/mol. The predicted octanol–water partition coefficient (Wildman–Crippen LogP) is 5.86. The van der Waals surface area contributed by atoms with Crippen LogP contribution in [0.4, 0.5) is 0 Å². The Labute approximate surface area is 148 Å². The van der Waals surface area contributed by atoms with E-state index in [1.54, 1.807) is 0 Å². The van der Waals surface area contributed by atoms with E-state index in [-0.39, 0.29) is 0 Å². The highest BCUT2D eigenvalue weighted by atomic mass is 15.0. The summed E-state index contributed by atoms with van der Waals surface area (Å²) in [7, 11) is 0. The van der Waals surface area contributed by atoms with Crippen molar-refractivity contribution >= 4 is 0 Å². The SMILES string of the molecule is CCCCCCCCCC(Cc1ccccc1)C(C)[n+]1cc[nH]c1. The van der Waals surface area contributed by atoms with Gasteiger partial charge in [-0.3, -0.25) is 4.98 Å². The topological polar surface area (TPSA) is 19.7 Å². The summed E-state index contributed by atoms with van der Waals surface area (Å²) in [6, 6.07) is 11.5. The molecule has 2 unspecified atom stereocenters. The van der Waals surface area contributed by atoms with Crippen molar-refractivity contribution in [1.29, 1.82) is 0 Å². The maximum absolute atomic E-state index is 3.19. The van der Waals surface area contributed by atoms with E-state index in [0.717, 1.165) is 0 Å². The molecule has 2 rings (SSSR count). The molecule has 1 N–H and O–H groups in total. The lowest BCUT2D eigenvalue weighted by Gasteiger charge is -2.22. The number of rotatable bonds is 12. The number of hydrogen-bond donors (Lipinski definition) is 1. The molecule has 1 aromatic carbocycles. The minimum atomic E-state index is 0.538. The van der Waals surface area contributed by atoms with Gasteiger partial charge in [-0.15, -0.1) is 0 Å². The Morgan fingerprint density at radius 2 is 1.67 bits per heavy atom. The highest BCUT2D eigenvalue weighted by Crippen LogP contribution is 2.24. The Morgan fingerprint density at radius 3 is 2.33 bits per heavy atom. The van der Waals surface area contributed by atoms with Crippen molar-refractivity contribution in [1.82, 2.24) is 4.98 Å². The lowest BCUT2D eigenvalue weighted by molar-refractivity contribution is -0.725. The number of unbranched alkanes of at least 4 members (excludes halogenated alkanes) is 6. The number of imidazole rings is 1. The maximum atomic E-state index is 3.19. The van der Waals surface area contributed by atoms with Crippen molar-refractivity contribution in [2.75, 3.05) is 0 Å². The molecule has 24 heavy (non-hydrogen) atoms. The zero-order valence-corrected chi connectivity index (χ0v) is 15.6. The molecule has 0 bridgehead atoms. The molecule has 1 aromatic heterocycles. The first kappa shape index (κ1) is 18.8. The molecule has 0 fully saturated rings. The molecule has 132 valence electrons. The highest BCUT2D eigenvalue weighted by Gasteiger charge is 2.22. The summed E-state index contributed by atoms with van der Waals surface area (Å²) < 4.78 is 2.33. The summed E-state index contributed by atoms with van der Waals surface area (Å²) in [4.78, 5) is 3.19. The second kappa shape index (κ2) is 11.1. The summed E-state index contributed by atoms with van der Waals surface area (Å²) in [5.41, 5.74) is 1.47. The molecular formula is C22H35N2+. The van der Waals surface area contributed by atoms with Crippen molar-refractivity contribution in [3.63, 3.8) is 0 Å². The van der Waals surface area contributed by atoms with E-state index in [1.807, 2.05) is 6.20 Å². The molecule has 0 saturated carbocycles. The highest BCUT2D eigenvalue weighted by molar-refractivity contribution is 5.15. The maximum Gasteiger partial charge on any atom is 0.241 e. The smallest absolute Gasteiger partial charge is 0.241 e. The van der Waals surface area contributed by atoms with Gasteiger partial charge in [-0.1, -0.05) is 82.2 Å². The van der Waals surface area contributed by atoms with Crippen LogP contribution in [0.2, 0.25) is 0 Å². The predicted molar refractivity (Wildman–Crippen MR) is 102 cm³/mol. The molecule has 0 aliphatic heterocycles. The van der Waals surface area contributed by atoms with Crippen LogP contribution in [0.15, 0.2) is 49.1 Å². The third-order valence-electron chi connectivity index (χ3n) is 5.24. The Kier molecular flexibility index (Phi) is 8.65. The van der Waals surface area contributed by atoms with Gasteiger partial charge in [-0.25, -0.2) is 4.57 Å². The van der Waals surface area contributed by atoms with Gasteiger partial charge in [-0.2, -0.15) is 0 Å². The largest absolute Gasteiger partial charge is 0.250 e. The fraction of sp³-hybridized carbons (Fsp3) is 0.591. The van der Waals surface area contributed by atoms with E-state index in [0.29, 0.717) is 12.0 Å². The van der Waals surface area contributed by atoms with E-state index in [9.17, 15) is 0 Å². The summed E-state index contributed by atoms with van der Waals surface area (Å²) in [5, 5.41) is 0. The van der Waals surface area contributed by atoms with Gasteiger partial charge in [0.25, 0.3) is 0 Å². The molecule has 2 heteroatoms. The second-order valence-corrected chi connectivity index (χ2v) is 7.16. The summed E-state index contributed by atoms with van der Waals surface area (Å²) in [6.07, 6.45) is 18.5. The van der Waals surface area contributed by atoms with Gasteiger partial charge in [0, 0.05) is 5.92 Å². The Bertz CT molecular complexity index is 518. The Hall–Kier alpha value is -1.57. The molecule has 0 aliphatic carbocycles. The first-order valence-electron chi connectivity index (χ1n) is 9.88. The van der Waals surface area contributed by atoms with Crippen LogP contribution in [-0.4, -0.2) is 4.98 Å². The van der Waals surface area contributed by atoms with Gasteiger partial charge in [0.15, 0.2) is 0 Å². The molecule has 1 heterocycles. The van der Waals surface area contributed by atoms with Gasteiger partial charge >= 0.3 is 0 Å². The minimum absolute atomic E-state index is 0.538. The first-order chi connectivity index (χ1) is 11.8. The fourth-order valence-corrected chi connectivity index (χ4v) is 3.59. The average molecular weight is 328 g/mol. The number of nitrogens with one attached hydrogen (secondary N) is 1. The van der Waals surface area contributed by atoms with Crippen molar-refractivity contribution in [2.24, 2.45) is 5.92 Å². The zero-order valence-electron chi connectivity index (χ0n) is 15.6. The molecule has 0 radical (unpaired) electrons. The first-order valence-corrected chi connectivity index (χ1v) is 9.88. The normalized spacial score (nSPS) is 13.8. The molecule has 0 amide bonds. The molecule has 2 atom stereocenters. The van der Waals surface area contributed by atoms with Crippen LogP contribution in [0, 0.1) is 5.92 Å².